The van der Waals surface area contributed by atoms with Crippen LogP contribution in [0.3, 0.4) is 0 Å². The van der Waals surface area contributed by atoms with Crippen LogP contribution in [0.25, 0.3) is 0 Å². The number of nitrogens with one attached hydrogen (secondary N) is 1. The van der Waals surface area contributed by atoms with Gasteiger partial charge in [-0.3, -0.25) is 4.79 Å². The van der Waals surface area contributed by atoms with Crippen molar-refractivity contribution in [1.29, 1.82) is 0 Å². The molecule has 0 radical (unpaired) electrons. The lowest BCUT2D eigenvalue weighted by atomic mass is 10.3. The summed E-state index contributed by atoms with van der Waals surface area (Å²) in [7, 11) is -3.64. The van der Waals surface area contributed by atoms with Gasteiger partial charge in [0, 0.05) is 25.6 Å². The normalized spacial score (nSPS) is 15.3. The molecule has 2 heterocycles. The molecule has 0 atom stereocenters. The largest absolute Gasteiger partial charge is 0.449 e. The van der Waals surface area contributed by atoms with Crippen LogP contribution in [0.4, 0.5) is 5.69 Å². The summed E-state index contributed by atoms with van der Waals surface area (Å²) in [6, 6.07) is 6.30. The van der Waals surface area contributed by atoms with E-state index in [0.717, 1.165) is 12.1 Å². The van der Waals surface area contributed by atoms with Crippen LogP contribution < -0.4 is 9.62 Å². The molecule has 1 fully saturated rings. The number of hydrogen-bond donors (Lipinski definition) is 1. The van der Waals surface area contributed by atoms with Crippen molar-refractivity contribution in [2.75, 3.05) is 11.4 Å². The number of aromatic nitrogens is 1. The highest BCUT2D eigenvalue weighted by Gasteiger charge is 2.22. The first-order chi connectivity index (χ1) is 11.0. The lowest BCUT2D eigenvalue weighted by Crippen LogP contribution is -2.25. The molecular weight excluding hydrogens is 318 g/mol. The summed E-state index contributed by atoms with van der Waals surface area (Å²) in [5.74, 6) is 0.555. The van der Waals surface area contributed by atoms with Gasteiger partial charge in [0.15, 0.2) is 5.89 Å². The van der Waals surface area contributed by atoms with E-state index in [9.17, 15) is 13.2 Å². The molecule has 2 aromatic rings. The molecule has 1 N–H and O–H groups in total. The van der Waals surface area contributed by atoms with Crippen LogP contribution in [-0.4, -0.2) is 25.9 Å². The minimum absolute atomic E-state index is 0.0615. The van der Waals surface area contributed by atoms with Crippen molar-refractivity contribution in [3.05, 3.63) is 42.1 Å². The average molecular weight is 335 g/mol. The molecule has 122 valence electrons. The Hall–Kier alpha value is -2.19. The molecule has 1 aromatic heterocycles. The van der Waals surface area contributed by atoms with Gasteiger partial charge in [0.1, 0.15) is 6.26 Å². The second-order valence-corrected chi connectivity index (χ2v) is 7.09. The molecule has 1 aromatic carbocycles. The van der Waals surface area contributed by atoms with E-state index >= 15 is 0 Å². The first-order valence-corrected chi connectivity index (χ1v) is 8.75. The van der Waals surface area contributed by atoms with Gasteiger partial charge in [0.05, 0.1) is 17.1 Å². The van der Waals surface area contributed by atoms with E-state index in [2.05, 4.69) is 9.71 Å². The topological polar surface area (TPSA) is 92.5 Å². The Morgan fingerprint density at radius 1 is 1.30 bits per heavy atom. The van der Waals surface area contributed by atoms with Crippen LogP contribution >= 0.6 is 0 Å². The lowest BCUT2D eigenvalue weighted by molar-refractivity contribution is -0.117. The molecule has 0 spiro atoms. The van der Waals surface area contributed by atoms with Crippen LogP contribution in [-0.2, 0) is 21.4 Å². The Labute approximate surface area is 134 Å². The molecular formula is C15H17N3O4S. The quantitative estimate of drug-likeness (QED) is 0.896. The molecule has 1 saturated heterocycles. The van der Waals surface area contributed by atoms with E-state index in [4.69, 9.17) is 4.42 Å². The fourth-order valence-electron chi connectivity index (χ4n) is 2.47. The van der Waals surface area contributed by atoms with E-state index in [1.807, 2.05) is 0 Å². The molecule has 0 unspecified atom stereocenters. The number of anilines is 1. The Balaban J connectivity index is 1.71. The SMILES string of the molecule is Cc1nc(CNS(=O)(=O)c2ccc(N3CCCC3=O)cc2)co1. The second kappa shape index (κ2) is 6.13. The summed E-state index contributed by atoms with van der Waals surface area (Å²) >= 11 is 0. The van der Waals surface area contributed by atoms with Gasteiger partial charge in [-0.1, -0.05) is 0 Å². The minimum atomic E-state index is -3.64. The Bertz CT molecular complexity index is 812. The van der Waals surface area contributed by atoms with Gasteiger partial charge < -0.3 is 9.32 Å². The van der Waals surface area contributed by atoms with Gasteiger partial charge in [-0.15, -0.1) is 0 Å². The number of carbonyl (C=O) groups excluding carboxylic acids is 1. The van der Waals surface area contributed by atoms with Crippen molar-refractivity contribution < 1.29 is 17.6 Å². The van der Waals surface area contributed by atoms with Gasteiger partial charge in [-0.2, -0.15) is 0 Å². The molecule has 1 amide bonds. The zero-order valence-electron chi connectivity index (χ0n) is 12.7. The van der Waals surface area contributed by atoms with Gasteiger partial charge in [-0.25, -0.2) is 18.1 Å². The van der Waals surface area contributed by atoms with Crippen molar-refractivity contribution in [3.8, 4) is 0 Å². The summed E-state index contributed by atoms with van der Waals surface area (Å²) in [6.07, 6.45) is 2.79. The van der Waals surface area contributed by atoms with Crippen molar-refractivity contribution in [1.82, 2.24) is 9.71 Å². The third-order valence-corrected chi connectivity index (χ3v) is 5.06. The number of aryl methyl sites for hydroxylation is 1. The summed E-state index contributed by atoms with van der Waals surface area (Å²) in [5.41, 5.74) is 1.24. The number of amides is 1. The number of benzene rings is 1. The number of oxazole rings is 1. The molecule has 7 nitrogen and oxygen atoms in total. The third-order valence-electron chi connectivity index (χ3n) is 3.64. The van der Waals surface area contributed by atoms with Crippen LogP contribution in [0.2, 0.25) is 0 Å². The first kappa shape index (κ1) is 15.7. The van der Waals surface area contributed by atoms with Crippen LogP contribution in [0.5, 0.6) is 0 Å². The van der Waals surface area contributed by atoms with E-state index in [0.29, 0.717) is 24.6 Å². The second-order valence-electron chi connectivity index (χ2n) is 5.33. The number of rotatable bonds is 5. The zero-order chi connectivity index (χ0) is 16.4. The van der Waals surface area contributed by atoms with Crippen molar-refractivity contribution in [2.24, 2.45) is 0 Å². The molecule has 1 aliphatic rings. The number of hydrogen-bond acceptors (Lipinski definition) is 5. The smallest absolute Gasteiger partial charge is 0.240 e. The predicted molar refractivity (Wildman–Crippen MR) is 83.3 cm³/mol. The maximum absolute atomic E-state index is 12.3. The highest BCUT2D eigenvalue weighted by atomic mass is 32.2. The number of sulfonamides is 1. The van der Waals surface area contributed by atoms with Crippen LogP contribution in [0.1, 0.15) is 24.4 Å². The Kier molecular flexibility index (Phi) is 4.18. The van der Waals surface area contributed by atoms with E-state index in [-0.39, 0.29) is 17.3 Å². The van der Waals surface area contributed by atoms with E-state index in [1.54, 1.807) is 24.0 Å². The highest BCUT2D eigenvalue weighted by Crippen LogP contribution is 2.23. The van der Waals surface area contributed by atoms with Crippen LogP contribution in [0.15, 0.2) is 39.8 Å². The van der Waals surface area contributed by atoms with Gasteiger partial charge in [0.2, 0.25) is 15.9 Å². The molecule has 1 aliphatic heterocycles. The highest BCUT2D eigenvalue weighted by molar-refractivity contribution is 7.89. The van der Waals surface area contributed by atoms with Gasteiger partial charge in [0.25, 0.3) is 0 Å². The maximum Gasteiger partial charge on any atom is 0.240 e. The molecule has 23 heavy (non-hydrogen) atoms. The molecule has 3 rings (SSSR count). The van der Waals surface area contributed by atoms with Crippen molar-refractivity contribution in [3.63, 3.8) is 0 Å². The molecule has 0 bridgehead atoms. The zero-order valence-corrected chi connectivity index (χ0v) is 13.5. The molecule has 0 aliphatic carbocycles. The average Bonchev–Trinajstić information content (AvgIpc) is 3.14. The van der Waals surface area contributed by atoms with E-state index < -0.39 is 10.0 Å². The summed E-state index contributed by atoms with van der Waals surface area (Å²) in [4.78, 5) is 17.6. The number of carbonyl (C=O) groups is 1. The maximum atomic E-state index is 12.3. The molecule has 0 saturated carbocycles. The van der Waals surface area contributed by atoms with Crippen molar-refractivity contribution >= 4 is 21.6 Å². The summed E-state index contributed by atoms with van der Waals surface area (Å²) in [5, 5.41) is 0. The number of nitrogens with zero attached hydrogens (tertiary/aromatic N) is 2. The summed E-state index contributed by atoms with van der Waals surface area (Å²) < 4.78 is 32.0. The van der Waals surface area contributed by atoms with Crippen LogP contribution in [0, 0.1) is 6.92 Å². The standard InChI is InChI=1S/C15H17N3O4S/c1-11-17-12(10-22-11)9-16-23(20,21)14-6-4-13(5-7-14)18-8-2-3-15(18)19/h4-7,10,16H,2-3,8-9H2,1H3. The van der Waals surface area contributed by atoms with Gasteiger partial charge >= 0.3 is 0 Å². The first-order valence-electron chi connectivity index (χ1n) is 7.27. The van der Waals surface area contributed by atoms with E-state index in [1.165, 1.54) is 18.4 Å². The van der Waals surface area contributed by atoms with Crippen molar-refractivity contribution in [2.45, 2.75) is 31.2 Å². The fraction of sp³-hybridized carbons (Fsp3) is 0.333. The fourth-order valence-corrected chi connectivity index (χ4v) is 3.47. The molecule has 8 heteroatoms. The Morgan fingerprint density at radius 2 is 2.04 bits per heavy atom. The summed E-state index contributed by atoms with van der Waals surface area (Å²) in [6.45, 7) is 2.43. The monoisotopic (exact) mass is 335 g/mol. The van der Waals surface area contributed by atoms with Gasteiger partial charge in [-0.05, 0) is 30.7 Å². The predicted octanol–water partition coefficient (Wildman–Crippen LogP) is 1.59. The Morgan fingerprint density at radius 3 is 2.61 bits per heavy atom. The minimum Gasteiger partial charge on any atom is -0.449 e. The lowest BCUT2D eigenvalue weighted by Gasteiger charge is -2.16. The third kappa shape index (κ3) is 3.43.